The number of piperidine rings is 1. The average molecular weight is 194 g/mol. The highest BCUT2D eigenvalue weighted by Crippen LogP contribution is 2.08. The molecule has 1 heterocycles. The molecule has 0 aliphatic carbocycles. The van der Waals surface area contributed by atoms with E-state index in [2.05, 4.69) is 0 Å². The van der Waals surface area contributed by atoms with Gasteiger partial charge in [-0.3, -0.25) is 4.79 Å². The zero-order valence-electron chi connectivity index (χ0n) is 8.54. The van der Waals surface area contributed by atoms with E-state index in [1.807, 2.05) is 11.0 Å². The summed E-state index contributed by atoms with van der Waals surface area (Å²) in [5, 5.41) is 6.83. The van der Waals surface area contributed by atoms with Crippen LogP contribution in [-0.4, -0.2) is 30.1 Å². The van der Waals surface area contributed by atoms with Crippen LogP contribution in [0.1, 0.15) is 32.1 Å². The molecule has 0 aromatic rings. The highest BCUT2D eigenvalue weighted by atomic mass is 16.2. The van der Waals surface area contributed by atoms with Crippen LogP contribution in [0, 0.1) is 5.41 Å². The summed E-state index contributed by atoms with van der Waals surface area (Å²) < 4.78 is 0. The second kappa shape index (κ2) is 6.35. The zero-order valence-corrected chi connectivity index (χ0v) is 8.54. The lowest BCUT2D eigenvalue weighted by Gasteiger charge is -2.25. The minimum absolute atomic E-state index is 0.134. The molecule has 1 N–H and O–H groups in total. The molecule has 0 radical (unpaired) electrons. The molecule has 0 aromatic heterocycles. The second-order valence-corrected chi connectivity index (χ2v) is 3.57. The molecule has 1 rings (SSSR count). The molecule has 0 atom stereocenters. The van der Waals surface area contributed by atoms with Gasteiger partial charge in [0.25, 0.3) is 0 Å². The van der Waals surface area contributed by atoms with E-state index in [4.69, 9.17) is 5.41 Å². The van der Waals surface area contributed by atoms with E-state index in [1.165, 1.54) is 12.6 Å². The first-order chi connectivity index (χ1) is 6.84. The SMILES string of the molecule is N=CCC/C=C/C(=O)N1CCCCC1. The topological polar surface area (TPSA) is 44.2 Å². The van der Waals surface area contributed by atoms with Gasteiger partial charge in [0.1, 0.15) is 0 Å². The second-order valence-electron chi connectivity index (χ2n) is 3.57. The number of hydrogen-bond acceptors (Lipinski definition) is 2. The van der Waals surface area contributed by atoms with E-state index in [0.29, 0.717) is 0 Å². The van der Waals surface area contributed by atoms with Gasteiger partial charge in [-0.15, -0.1) is 0 Å². The van der Waals surface area contributed by atoms with Gasteiger partial charge in [-0.05, 0) is 44.4 Å². The highest BCUT2D eigenvalue weighted by Gasteiger charge is 2.13. The summed E-state index contributed by atoms with van der Waals surface area (Å²) >= 11 is 0. The van der Waals surface area contributed by atoms with Gasteiger partial charge in [-0.25, -0.2) is 0 Å². The molecule has 3 nitrogen and oxygen atoms in total. The molecule has 0 aromatic carbocycles. The smallest absolute Gasteiger partial charge is 0.246 e. The standard InChI is InChI=1S/C11H18N2O/c12-8-4-1-3-7-11(14)13-9-5-2-6-10-13/h3,7-8,12H,1-2,4-6,9-10H2/b7-3+,12-8?. The Morgan fingerprint density at radius 1 is 1.21 bits per heavy atom. The third kappa shape index (κ3) is 3.73. The van der Waals surface area contributed by atoms with Crippen molar-refractivity contribution in [1.29, 1.82) is 5.41 Å². The fraction of sp³-hybridized carbons (Fsp3) is 0.636. The molecular formula is C11H18N2O. The summed E-state index contributed by atoms with van der Waals surface area (Å²) in [5.41, 5.74) is 0. The van der Waals surface area contributed by atoms with Gasteiger partial charge < -0.3 is 10.3 Å². The van der Waals surface area contributed by atoms with E-state index >= 15 is 0 Å². The molecule has 14 heavy (non-hydrogen) atoms. The molecule has 78 valence electrons. The lowest BCUT2D eigenvalue weighted by molar-refractivity contribution is -0.126. The Labute approximate surface area is 85.3 Å². The maximum Gasteiger partial charge on any atom is 0.246 e. The third-order valence-electron chi connectivity index (χ3n) is 2.41. The van der Waals surface area contributed by atoms with Gasteiger partial charge in [-0.2, -0.15) is 0 Å². The maximum atomic E-state index is 11.5. The van der Waals surface area contributed by atoms with Crippen LogP contribution in [0.25, 0.3) is 0 Å². The number of likely N-dealkylation sites (tertiary alicyclic amines) is 1. The first kappa shape index (κ1) is 11.0. The Morgan fingerprint density at radius 2 is 1.93 bits per heavy atom. The van der Waals surface area contributed by atoms with E-state index in [0.717, 1.165) is 38.8 Å². The van der Waals surface area contributed by atoms with E-state index in [1.54, 1.807) is 6.08 Å². The summed E-state index contributed by atoms with van der Waals surface area (Å²) in [4.78, 5) is 13.5. The normalized spacial score (nSPS) is 17.3. The zero-order chi connectivity index (χ0) is 10.2. The molecule has 0 spiro atoms. The van der Waals surface area contributed by atoms with Crippen LogP contribution in [-0.2, 0) is 4.79 Å². The number of rotatable bonds is 4. The minimum atomic E-state index is 0.134. The van der Waals surface area contributed by atoms with Crippen LogP contribution in [0.2, 0.25) is 0 Å². The predicted octanol–water partition coefficient (Wildman–Crippen LogP) is 1.98. The van der Waals surface area contributed by atoms with Gasteiger partial charge >= 0.3 is 0 Å². The largest absolute Gasteiger partial charge is 0.339 e. The van der Waals surface area contributed by atoms with Crippen LogP contribution in [0.3, 0.4) is 0 Å². The van der Waals surface area contributed by atoms with Gasteiger partial charge in [0.05, 0.1) is 0 Å². The van der Waals surface area contributed by atoms with Gasteiger partial charge in [0.2, 0.25) is 5.91 Å². The van der Waals surface area contributed by atoms with Crippen LogP contribution in [0.5, 0.6) is 0 Å². The minimum Gasteiger partial charge on any atom is -0.339 e. The molecule has 1 aliphatic rings. The summed E-state index contributed by atoms with van der Waals surface area (Å²) in [6.45, 7) is 1.82. The van der Waals surface area contributed by atoms with Gasteiger partial charge in [0.15, 0.2) is 0 Å². The Morgan fingerprint density at radius 3 is 2.57 bits per heavy atom. The van der Waals surface area contributed by atoms with Crippen LogP contribution in [0.4, 0.5) is 0 Å². The molecule has 1 saturated heterocycles. The third-order valence-corrected chi connectivity index (χ3v) is 2.41. The van der Waals surface area contributed by atoms with Crippen molar-refractivity contribution in [3.8, 4) is 0 Å². The lowest BCUT2D eigenvalue weighted by Crippen LogP contribution is -2.34. The number of carbonyl (C=O) groups excluding carboxylic acids is 1. The fourth-order valence-electron chi connectivity index (χ4n) is 1.58. The first-order valence-electron chi connectivity index (χ1n) is 5.29. The number of amides is 1. The van der Waals surface area contributed by atoms with Crippen molar-refractivity contribution in [3.05, 3.63) is 12.2 Å². The van der Waals surface area contributed by atoms with Gasteiger partial charge in [0, 0.05) is 13.1 Å². The van der Waals surface area contributed by atoms with Crippen molar-refractivity contribution in [2.75, 3.05) is 13.1 Å². The van der Waals surface area contributed by atoms with Crippen molar-refractivity contribution in [1.82, 2.24) is 4.90 Å². The Hall–Kier alpha value is -1.12. The summed E-state index contributed by atoms with van der Waals surface area (Å²) in [6.07, 6.45) is 9.93. The molecule has 0 saturated carbocycles. The van der Waals surface area contributed by atoms with E-state index in [9.17, 15) is 4.79 Å². The number of nitrogens with zero attached hydrogens (tertiary/aromatic N) is 1. The highest BCUT2D eigenvalue weighted by molar-refractivity contribution is 5.87. The van der Waals surface area contributed by atoms with Gasteiger partial charge in [-0.1, -0.05) is 6.08 Å². The van der Waals surface area contributed by atoms with Crippen molar-refractivity contribution in [2.24, 2.45) is 0 Å². The number of carbonyl (C=O) groups is 1. The molecule has 1 aliphatic heterocycles. The number of allylic oxidation sites excluding steroid dienone is 1. The monoisotopic (exact) mass is 194 g/mol. The van der Waals surface area contributed by atoms with Crippen molar-refractivity contribution in [2.45, 2.75) is 32.1 Å². The quantitative estimate of drug-likeness (QED) is 0.415. The summed E-state index contributed by atoms with van der Waals surface area (Å²) in [5.74, 6) is 0.134. The molecule has 0 bridgehead atoms. The van der Waals surface area contributed by atoms with Crippen molar-refractivity contribution < 1.29 is 4.79 Å². The van der Waals surface area contributed by atoms with Crippen LogP contribution >= 0.6 is 0 Å². The predicted molar refractivity (Wildman–Crippen MR) is 57.6 cm³/mol. The summed E-state index contributed by atoms with van der Waals surface area (Å²) in [6, 6.07) is 0. The average Bonchev–Trinajstić information content (AvgIpc) is 2.25. The van der Waals surface area contributed by atoms with E-state index in [-0.39, 0.29) is 5.91 Å². The maximum absolute atomic E-state index is 11.5. The summed E-state index contributed by atoms with van der Waals surface area (Å²) in [7, 11) is 0. The van der Waals surface area contributed by atoms with Crippen LogP contribution in [0.15, 0.2) is 12.2 Å². The molecule has 3 heteroatoms. The fourth-order valence-corrected chi connectivity index (χ4v) is 1.58. The van der Waals surface area contributed by atoms with E-state index < -0.39 is 0 Å². The number of unbranched alkanes of at least 4 members (excludes halogenated alkanes) is 1. The van der Waals surface area contributed by atoms with Crippen LogP contribution < -0.4 is 0 Å². The number of nitrogens with one attached hydrogen (secondary N) is 1. The number of hydrogen-bond donors (Lipinski definition) is 1. The van der Waals surface area contributed by atoms with Crippen molar-refractivity contribution >= 4 is 12.1 Å². The Balaban J connectivity index is 2.25. The lowest BCUT2D eigenvalue weighted by atomic mass is 10.1. The Bertz CT molecular complexity index is 217. The first-order valence-corrected chi connectivity index (χ1v) is 5.29. The van der Waals surface area contributed by atoms with Crippen molar-refractivity contribution in [3.63, 3.8) is 0 Å². The molecule has 1 fully saturated rings. The molecule has 1 amide bonds. The molecule has 0 unspecified atom stereocenters. The molecular weight excluding hydrogens is 176 g/mol. The Kier molecular flexibility index (Phi) is 4.97.